The second kappa shape index (κ2) is 3.13. The molecule has 0 aliphatic heterocycles. The maximum Gasteiger partial charge on any atom is 0.0512 e. The number of nitrogens with one attached hydrogen (secondary N) is 1. The van der Waals surface area contributed by atoms with Crippen LogP contribution >= 0.6 is 23.8 Å². The van der Waals surface area contributed by atoms with E-state index in [0.717, 1.165) is 26.0 Å². The van der Waals surface area contributed by atoms with E-state index in [9.17, 15) is 0 Å². The van der Waals surface area contributed by atoms with Gasteiger partial charge in [-0.15, -0.1) is 0 Å². The summed E-state index contributed by atoms with van der Waals surface area (Å²) in [7, 11) is 0. The van der Waals surface area contributed by atoms with Gasteiger partial charge in [-0.2, -0.15) is 0 Å². The van der Waals surface area contributed by atoms with Crippen LogP contribution in [0.2, 0.25) is 5.02 Å². The fourth-order valence-electron chi connectivity index (χ4n) is 1.37. The Hall–Kier alpha value is -0.860. The minimum atomic E-state index is 0.768. The standard InChI is InChI=1S/C10H8ClNS/c1-6-8(11)3-2-7-9(13)4-5-12-10(6)7/h2-5H,1H3,(H,12,13). The fourth-order valence-corrected chi connectivity index (χ4v) is 1.76. The number of rotatable bonds is 0. The van der Waals surface area contributed by atoms with Crippen molar-refractivity contribution in [3.8, 4) is 0 Å². The van der Waals surface area contributed by atoms with Crippen LogP contribution in [0, 0.1) is 11.4 Å². The van der Waals surface area contributed by atoms with Crippen molar-refractivity contribution in [1.29, 1.82) is 0 Å². The molecule has 0 atom stereocenters. The highest BCUT2D eigenvalue weighted by atomic mass is 35.5. The van der Waals surface area contributed by atoms with Crippen LogP contribution in [0.4, 0.5) is 0 Å². The third-order valence-corrected chi connectivity index (χ3v) is 2.89. The molecular formula is C10H8ClNS. The number of H-pyrrole nitrogens is 1. The van der Waals surface area contributed by atoms with Gasteiger partial charge in [0.25, 0.3) is 0 Å². The molecule has 0 bridgehead atoms. The molecular weight excluding hydrogens is 202 g/mol. The molecule has 1 heterocycles. The lowest BCUT2D eigenvalue weighted by Gasteiger charge is -2.03. The predicted molar refractivity (Wildman–Crippen MR) is 58.9 cm³/mol. The number of benzene rings is 1. The minimum Gasteiger partial charge on any atom is -0.361 e. The first-order valence-electron chi connectivity index (χ1n) is 3.96. The van der Waals surface area contributed by atoms with Gasteiger partial charge >= 0.3 is 0 Å². The third kappa shape index (κ3) is 1.36. The molecule has 0 fully saturated rings. The number of hydrogen-bond acceptors (Lipinski definition) is 1. The highest BCUT2D eigenvalue weighted by Crippen LogP contribution is 2.23. The van der Waals surface area contributed by atoms with Crippen LogP contribution < -0.4 is 0 Å². The van der Waals surface area contributed by atoms with Crippen molar-refractivity contribution in [2.75, 3.05) is 0 Å². The van der Waals surface area contributed by atoms with Gasteiger partial charge in [-0.25, -0.2) is 0 Å². The molecule has 0 saturated heterocycles. The van der Waals surface area contributed by atoms with Crippen molar-refractivity contribution < 1.29 is 0 Å². The van der Waals surface area contributed by atoms with Gasteiger partial charge in [0.15, 0.2) is 0 Å². The number of halogens is 1. The number of aromatic amines is 1. The molecule has 1 nitrogen and oxygen atoms in total. The van der Waals surface area contributed by atoms with Crippen LogP contribution in [0.15, 0.2) is 24.4 Å². The molecule has 0 amide bonds. The lowest BCUT2D eigenvalue weighted by atomic mass is 10.1. The van der Waals surface area contributed by atoms with Gasteiger partial charge in [-0.3, -0.25) is 0 Å². The Balaban J connectivity index is 3.03. The molecule has 2 rings (SSSR count). The van der Waals surface area contributed by atoms with E-state index in [2.05, 4.69) is 4.98 Å². The third-order valence-electron chi connectivity index (χ3n) is 2.13. The number of hydrogen-bond donors (Lipinski definition) is 1. The normalized spacial score (nSPS) is 10.6. The Labute approximate surface area is 86.4 Å². The summed E-state index contributed by atoms with van der Waals surface area (Å²) in [5.74, 6) is 0. The molecule has 1 N–H and O–H groups in total. The molecule has 66 valence electrons. The fraction of sp³-hybridized carbons (Fsp3) is 0.100. The van der Waals surface area contributed by atoms with Crippen LogP contribution in [-0.4, -0.2) is 4.98 Å². The van der Waals surface area contributed by atoms with Crippen LogP contribution in [0.25, 0.3) is 10.9 Å². The van der Waals surface area contributed by atoms with Gasteiger partial charge < -0.3 is 4.98 Å². The molecule has 0 aliphatic rings. The Morgan fingerprint density at radius 3 is 2.85 bits per heavy atom. The highest BCUT2D eigenvalue weighted by Gasteiger charge is 2.01. The van der Waals surface area contributed by atoms with E-state index in [4.69, 9.17) is 23.8 Å². The zero-order valence-electron chi connectivity index (χ0n) is 7.10. The molecule has 13 heavy (non-hydrogen) atoms. The molecule has 0 radical (unpaired) electrons. The maximum absolute atomic E-state index is 5.99. The molecule has 0 unspecified atom stereocenters. The van der Waals surface area contributed by atoms with E-state index in [1.165, 1.54) is 0 Å². The summed E-state index contributed by atoms with van der Waals surface area (Å²) in [4.78, 5) is 3.15. The summed E-state index contributed by atoms with van der Waals surface area (Å²) in [6.07, 6.45) is 1.84. The predicted octanol–water partition coefficient (Wildman–Crippen LogP) is 3.86. The van der Waals surface area contributed by atoms with E-state index < -0.39 is 0 Å². The van der Waals surface area contributed by atoms with Crippen molar-refractivity contribution >= 4 is 34.7 Å². The number of pyridine rings is 1. The molecule has 0 saturated carbocycles. The topological polar surface area (TPSA) is 15.8 Å². The Morgan fingerprint density at radius 1 is 1.31 bits per heavy atom. The van der Waals surface area contributed by atoms with E-state index in [-0.39, 0.29) is 0 Å². The van der Waals surface area contributed by atoms with Gasteiger partial charge in [0, 0.05) is 21.1 Å². The second-order valence-corrected chi connectivity index (χ2v) is 3.78. The molecule has 3 heteroatoms. The molecule has 2 aromatic rings. The quantitative estimate of drug-likeness (QED) is 0.652. The van der Waals surface area contributed by atoms with Gasteiger partial charge in [0.1, 0.15) is 0 Å². The number of aromatic nitrogens is 1. The first-order valence-corrected chi connectivity index (χ1v) is 4.75. The summed E-state index contributed by atoms with van der Waals surface area (Å²) >= 11 is 11.2. The van der Waals surface area contributed by atoms with Gasteiger partial charge in [-0.05, 0) is 30.7 Å². The van der Waals surface area contributed by atoms with Crippen molar-refractivity contribution in [3.05, 3.63) is 39.5 Å². The van der Waals surface area contributed by atoms with Crippen LogP contribution in [-0.2, 0) is 0 Å². The molecule has 1 aromatic carbocycles. The second-order valence-electron chi connectivity index (χ2n) is 2.94. The van der Waals surface area contributed by atoms with Crippen molar-refractivity contribution in [2.45, 2.75) is 6.92 Å². The number of aryl methyl sites for hydroxylation is 1. The lowest BCUT2D eigenvalue weighted by molar-refractivity contribution is 1.36. The smallest absolute Gasteiger partial charge is 0.0512 e. The largest absolute Gasteiger partial charge is 0.361 e. The zero-order valence-corrected chi connectivity index (χ0v) is 8.67. The summed E-state index contributed by atoms with van der Waals surface area (Å²) in [5, 5.41) is 1.82. The average molecular weight is 210 g/mol. The average Bonchev–Trinajstić information content (AvgIpc) is 2.12. The first-order chi connectivity index (χ1) is 6.20. The van der Waals surface area contributed by atoms with Crippen LogP contribution in [0.5, 0.6) is 0 Å². The van der Waals surface area contributed by atoms with Crippen LogP contribution in [0.3, 0.4) is 0 Å². The highest BCUT2D eigenvalue weighted by molar-refractivity contribution is 7.71. The lowest BCUT2D eigenvalue weighted by Crippen LogP contribution is -1.84. The Bertz CT molecular complexity index is 516. The Morgan fingerprint density at radius 2 is 2.08 bits per heavy atom. The van der Waals surface area contributed by atoms with Crippen molar-refractivity contribution in [3.63, 3.8) is 0 Å². The Kier molecular flexibility index (Phi) is 2.10. The van der Waals surface area contributed by atoms with Crippen molar-refractivity contribution in [1.82, 2.24) is 4.98 Å². The molecule has 0 spiro atoms. The van der Waals surface area contributed by atoms with Crippen molar-refractivity contribution in [2.24, 2.45) is 0 Å². The summed E-state index contributed by atoms with van der Waals surface area (Å²) < 4.78 is 0.855. The van der Waals surface area contributed by atoms with Crippen LogP contribution in [0.1, 0.15) is 5.56 Å². The van der Waals surface area contributed by atoms with Gasteiger partial charge in [0.2, 0.25) is 0 Å². The van der Waals surface area contributed by atoms with E-state index in [1.807, 2.05) is 31.3 Å². The maximum atomic E-state index is 5.99. The van der Waals surface area contributed by atoms with Gasteiger partial charge in [0.05, 0.1) is 5.52 Å². The van der Waals surface area contributed by atoms with E-state index >= 15 is 0 Å². The van der Waals surface area contributed by atoms with Gasteiger partial charge in [-0.1, -0.05) is 23.8 Å². The SMILES string of the molecule is Cc1c(Cl)ccc2c(=S)cc[nH]c12. The minimum absolute atomic E-state index is 0.768. The first kappa shape index (κ1) is 8.73. The van der Waals surface area contributed by atoms with E-state index in [0.29, 0.717) is 0 Å². The number of fused-ring (bicyclic) bond motifs is 1. The summed E-state index contributed by atoms with van der Waals surface area (Å²) in [6.45, 7) is 1.98. The zero-order chi connectivity index (χ0) is 9.42. The monoisotopic (exact) mass is 209 g/mol. The molecule has 0 aliphatic carbocycles. The summed E-state index contributed by atoms with van der Waals surface area (Å²) in [5.41, 5.74) is 2.07. The molecule has 1 aromatic heterocycles. The van der Waals surface area contributed by atoms with E-state index in [1.54, 1.807) is 0 Å². The summed E-state index contributed by atoms with van der Waals surface area (Å²) in [6, 6.07) is 5.71.